The molecule has 0 fully saturated rings. The second kappa shape index (κ2) is 8.69. The van der Waals surface area contributed by atoms with E-state index in [1.54, 1.807) is 24.3 Å². The van der Waals surface area contributed by atoms with Crippen molar-refractivity contribution in [3.63, 3.8) is 0 Å². The normalized spacial score (nSPS) is 11.6. The lowest BCUT2D eigenvalue weighted by molar-refractivity contribution is -0.137. The summed E-state index contributed by atoms with van der Waals surface area (Å²) in [6, 6.07) is 11.7. The summed E-state index contributed by atoms with van der Waals surface area (Å²) in [6.45, 7) is 2.34. The smallest absolute Gasteiger partial charge is 0.325 e. The predicted octanol–water partition coefficient (Wildman–Crippen LogP) is 4.56. The lowest BCUT2D eigenvalue weighted by atomic mass is 10.1. The third-order valence-corrected chi connectivity index (χ3v) is 5.09. The van der Waals surface area contributed by atoms with Crippen LogP contribution in [0.3, 0.4) is 0 Å². The van der Waals surface area contributed by atoms with Crippen molar-refractivity contribution >= 4 is 34.3 Å². The van der Waals surface area contributed by atoms with Crippen molar-refractivity contribution in [2.24, 2.45) is 0 Å². The van der Waals surface area contributed by atoms with Crippen molar-refractivity contribution in [3.8, 4) is 0 Å². The van der Waals surface area contributed by atoms with Crippen LogP contribution in [0.25, 0.3) is 10.9 Å². The van der Waals surface area contributed by atoms with Crippen molar-refractivity contribution in [2.45, 2.75) is 31.2 Å². The Morgan fingerprint density at radius 3 is 2.55 bits per heavy atom. The van der Waals surface area contributed by atoms with Crippen LogP contribution in [-0.2, 0) is 17.5 Å². The number of anilines is 1. The number of hydrogen-bond acceptors (Lipinski definition) is 4. The highest BCUT2D eigenvalue weighted by atomic mass is 32.2. The molecule has 0 saturated heterocycles. The number of amides is 1. The van der Waals surface area contributed by atoms with Gasteiger partial charge in [-0.3, -0.25) is 14.2 Å². The minimum absolute atomic E-state index is 0.180. The molecule has 152 valence electrons. The third kappa shape index (κ3) is 4.79. The first-order valence-electron chi connectivity index (χ1n) is 8.89. The van der Waals surface area contributed by atoms with Crippen LogP contribution in [0.4, 0.5) is 18.9 Å². The maximum atomic E-state index is 13.1. The average Bonchev–Trinajstić information content (AvgIpc) is 2.68. The number of hydrogen-bond donors (Lipinski definition) is 1. The number of benzene rings is 2. The average molecular weight is 421 g/mol. The maximum absolute atomic E-state index is 13.1. The zero-order chi connectivity index (χ0) is 21.0. The van der Waals surface area contributed by atoms with E-state index in [0.29, 0.717) is 29.0 Å². The van der Waals surface area contributed by atoms with Gasteiger partial charge in [-0.1, -0.05) is 43.0 Å². The van der Waals surface area contributed by atoms with Crippen LogP contribution in [0.5, 0.6) is 0 Å². The quantitative estimate of drug-likeness (QED) is 0.468. The Hall–Kier alpha value is -2.81. The molecule has 1 aromatic heterocycles. The van der Waals surface area contributed by atoms with Crippen LogP contribution in [0.2, 0.25) is 0 Å². The van der Waals surface area contributed by atoms with E-state index in [9.17, 15) is 22.8 Å². The minimum Gasteiger partial charge on any atom is -0.325 e. The summed E-state index contributed by atoms with van der Waals surface area (Å²) < 4.78 is 40.7. The molecule has 3 aromatic rings. The lowest BCUT2D eigenvalue weighted by Crippen LogP contribution is -2.24. The molecule has 0 aliphatic carbocycles. The van der Waals surface area contributed by atoms with Crippen molar-refractivity contribution in [3.05, 3.63) is 64.4 Å². The topological polar surface area (TPSA) is 64.0 Å². The molecule has 1 heterocycles. The van der Waals surface area contributed by atoms with Crippen LogP contribution in [0, 0.1) is 0 Å². The Bertz CT molecular complexity index is 1100. The molecular weight excluding hydrogens is 403 g/mol. The minimum atomic E-state index is -4.57. The van der Waals surface area contributed by atoms with Gasteiger partial charge in [-0.2, -0.15) is 13.2 Å². The molecule has 0 unspecified atom stereocenters. The van der Waals surface area contributed by atoms with Gasteiger partial charge in [0, 0.05) is 6.54 Å². The number of thioether (sulfide) groups is 1. The number of carbonyl (C=O) groups excluding carboxylic acids is 1. The molecule has 0 saturated carbocycles. The molecule has 1 amide bonds. The number of aromatic nitrogens is 2. The first-order chi connectivity index (χ1) is 13.8. The molecule has 0 bridgehead atoms. The summed E-state index contributed by atoms with van der Waals surface area (Å²) in [5.74, 6) is -0.794. The van der Waals surface area contributed by atoms with E-state index in [-0.39, 0.29) is 17.0 Å². The molecular formula is C20H18F3N3O2S. The summed E-state index contributed by atoms with van der Waals surface area (Å²) in [6.07, 6.45) is -3.88. The van der Waals surface area contributed by atoms with Gasteiger partial charge in [-0.05, 0) is 30.7 Å². The van der Waals surface area contributed by atoms with E-state index < -0.39 is 17.6 Å². The standard InChI is InChI=1S/C20H18F3N3O2S/c1-2-11-26-18(28)13-7-3-5-9-15(13)25-19(26)29-12-17(27)24-16-10-6-4-8-14(16)20(21,22)23/h3-10H,2,11-12H2,1H3,(H,24,27). The van der Waals surface area contributed by atoms with E-state index in [0.717, 1.165) is 17.8 Å². The molecule has 3 rings (SSSR count). The monoisotopic (exact) mass is 421 g/mol. The second-order valence-electron chi connectivity index (χ2n) is 6.25. The van der Waals surface area contributed by atoms with E-state index >= 15 is 0 Å². The third-order valence-electron chi connectivity index (χ3n) is 4.11. The SMILES string of the molecule is CCCn1c(SCC(=O)Nc2ccccc2C(F)(F)F)nc2ccccc2c1=O. The van der Waals surface area contributed by atoms with E-state index in [1.165, 1.54) is 22.8 Å². The Labute approximate surface area is 169 Å². The highest BCUT2D eigenvalue weighted by Gasteiger charge is 2.33. The summed E-state index contributed by atoms with van der Waals surface area (Å²) in [5, 5.41) is 3.13. The van der Waals surface area contributed by atoms with Crippen molar-refractivity contribution in [1.82, 2.24) is 9.55 Å². The highest BCUT2D eigenvalue weighted by molar-refractivity contribution is 7.99. The van der Waals surface area contributed by atoms with E-state index in [1.807, 2.05) is 6.92 Å². The Balaban J connectivity index is 1.81. The number of halogens is 3. The number of nitrogens with one attached hydrogen (secondary N) is 1. The van der Waals surface area contributed by atoms with Gasteiger partial charge < -0.3 is 5.32 Å². The zero-order valence-electron chi connectivity index (χ0n) is 15.5. The lowest BCUT2D eigenvalue weighted by Gasteiger charge is -2.14. The molecule has 0 atom stereocenters. The van der Waals surface area contributed by atoms with Gasteiger partial charge in [0.15, 0.2) is 5.16 Å². The predicted molar refractivity (Wildman–Crippen MR) is 107 cm³/mol. The summed E-state index contributed by atoms with van der Waals surface area (Å²) >= 11 is 1.02. The number of fused-ring (bicyclic) bond motifs is 1. The number of nitrogens with zero attached hydrogens (tertiary/aromatic N) is 2. The van der Waals surface area contributed by atoms with Gasteiger partial charge in [0.25, 0.3) is 5.56 Å². The summed E-state index contributed by atoms with van der Waals surface area (Å²) in [4.78, 5) is 29.4. The molecule has 9 heteroatoms. The van der Waals surface area contributed by atoms with E-state index in [2.05, 4.69) is 10.3 Å². The number of rotatable bonds is 6. The van der Waals surface area contributed by atoms with Crippen LogP contribution in [0.1, 0.15) is 18.9 Å². The van der Waals surface area contributed by atoms with Crippen LogP contribution < -0.4 is 10.9 Å². The number of para-hydroxylation sites is 2. The molecule has 5 nitrogen and oxygen atoms in total. The van der Waals surface area contributed by atoms with Crippen molar-refractivity contribution in [1.29, 1.82) is 0 Å². The number of alkyl halides is 3. The van der Waals surface area contributed by atoms with Crippen molar-refractivity contribution < 1.29 is 18.0 Å². The van der Waals surface area contributed by atoms with Crippen molar-refractivity contribution in [2.75, 3.05) is 11.1 Å². The van der Waals surface area contributed by atoms with Gasteiger partial charge in [0.05, 0.1) is 27.9 Å². The first kappa shape index (κ1) is 20.9. The first-order valence-corrected chi connectivity index (χ1v) is 9.88. The van der Waals surface area contributed by atoms with Gasteiger partial charge >= 0.3 is 6.18 Å². The Morgan fingerprint density at radius 1 is 1.14 bits per heavy atom. The van der Waals surface area contributed by atoms with Crippen LogP contribution in [0.15, 0.2) is 58.5 Å². The fourth-order valence-electron chi connectivity index (χ4n) is 2.83. The molecule has 0 aliphatic rings. The Morgan fingerprint density at radius 2 is 1.83 bits per heavy atom. The molecule has 0 aliphatic heterocycles. The molecule has 2 aromatic carbocycles. The molecule has 29 heavy (non-hydrogen) atoms. The second-order valence-corrected chi connectivity index (χ2v) is 7.19. The van der Waals surface area contributed by atoms with E-state index in [4.69, 9.17) is 0 Å². The zero-order valence-corrected chi connectivity index (χ0v) is 16.3. The van der Waals surface area contributed by atoms with Crippen LogP contribution >= 0.6 is 11.8 Å². The maximum Gasteiger partial charge on any atom is 0.418 e. The van der Waals surface area contributed by atoms with Gasteiger partial charge in [-0.15, -0.1) is 0 Å². The summed E-state index contributed by atoms with van der Waals surface area (Å²) in [5.41, 5.74) is -0.911. The fourth-order valence-corrected chi connectivity index (χ4v) is 3.66. The van der Waals surface area contributed by atoms with Gasteiger partial charge in [0.2, 0.25) is 5.91 Å². The molecule has 1 N–H and O–H groups in total. The largest absolute Gasteiger partial charge is 0.418 e. The van der Waals surface area contributed by atoms with Gasteiger partial charge in [0.1, 0.15) is 0 Å². The summed E-state index contributed by atoms with van der Waals surface area (Å²) in [7, 11) is 0. The highest BCUT2D eigenvalue weighted by Crippen LogP contribution is 2.34. The Kier molecular flexibility index (Phi) is 6.26. The number of carbonyl (C=O) groups is 1. The van der Waals surface area contributed by atoms with Crippen LogP contribution in [-0.4, -0.2) is 21.2 Å². The fraction of sp³-hybridized carbons (Fsp3) is 0.250. The van der Waals surface area contributed by atoms with Gasteiger partial charge in [-0.25, -0.2) is 4.98 Å². The molecule has 0 radical (unpaired) electrons. The molecule has 0 spiro atoms.